The summed E-state index contributed by atoms with van der Waals surface area (Å²) in [6, 6.07) is -0.710. The van der Waals surface area contributed by atoms with Crippen LogP contribution in [-0.4, -0.2) is 18.0 Å². The maximum Gasteiger partial charge on any atom is 0.322 e. The Bertz CT molecular complexity index is 272. The Morgan fingerprint density at radius 2 is 2.17 bits per heavy atom. The number of amides is 3. The van der Waals surface area contributed by atoms with Crippen molar-refractivity contribution in [2.24, 2.45) is 5.92 Å². The maximum atomic E-state index is 11.0. The number of hydrogen-bond donors (Lipinski definition) is 2. The van der Waals surface area contributed by atoms with Gasteiger partial charge in [0.25, 0.3) is 5.91 Å². The molecule has 1 aliphatic heterocycles. The average molecular weight is 166 g/mol. The first-order valence-electron chi connectivity index (χ1n) is 3.96. The average Bonchev–Trinajstić information content (AvgIpc) is 2.55. The fraction of sp³-hybridized carbons (Fsp3) is 0.500. The second-order valence-corrected chi connectivity index (χ2v) is 3.31. The third-order valence-electron chi connectivity index (χ3n) is 2.30. The zero-order valence-corrected chi connectivity index (χ0v) is 6.59. The van der Waals surface area contributed by atoms with E-state index in [1.807, 2.05) is 0 Å². The molecule has 2 rings (SSSR count). The quantitative estimate of drug-likeness (QED) is 0.453. The van der Waals surface area contributed by atoms with Crippen LogP contribution in [0.2, 0.25) is 0 Å². The number of carbonyl (C=O) groups excluding carboxylic acids is 2. The normalized spacial score (nSPS) is 33.2. The number of urea groups is 1. The van der Waals surface area contributed by atoms with Gasteiger partial charge in [-0.1, -0.05) is 12.2 Å². The highest BCUT2D eigenvalue weighted by Crippen LogP contribution is 2.39. The predicted octanol–water partition coefficient (Wildman–Crippen LogP) is 0.161. The van der Waals surface area contributed by atoms with Gasteiger partial charge in [0.2, 0.25) is 0 Å². The molecule has 2 atom stereocenters. The third-order valence-corrected chi connectivity index (χ3v) is 2.30. The van der Waals surface area contributed by atoms with Crippen LogP contribution in [0.15, 0.2) is 12.2 Å². The van der Waals surface area contributed by atoms with Crippen LogP contribution in [0.1, 0.15) is 12.8 Å². The lowest BCUT2D eigenvalue weighted by Gasteiger charge is -2.03. The van der Waals surface area contributed by atoms with Gasteiger partial charge < -0.3 is 5.32 Å². The van der Waals surface area contributed by atoms with Crippen molar-refractivity contribution in [3.63, 3.8) is 0 Å². The summed E-state index contributed by atoms with van der Waals surface area (Å²) in [5, 5.41) is 4.75. The summed E-state index contributed by atoms with van der Waals surface area (Å²) in [6.07, 6.45) is 1.70. The van der Waals surface area contributed by atoms with Crippen molar-refractivity contribution in [1.29, 1.82) is 0 Å². The molecule has 1 heterocycles. The van der Waals surface area contributed by atoms with Gasteiger partial charge in [-0.05, 0) is 18.8 Å². The van der Waals surface area contributed by atoms with Gasteiger partial charge in [-0.3, -0.25) is 10.1 Å². The summed E-state index contributed by atoms with van der Waals surface area (Å²) in [6.45, 7) is 3.79. The van der Waals surface area contributed by atoms with E-state index >= 15 is 0 Å². The number of nitrogens with one attached hydrogen (secondary N) is 2. The van der Waals surface area contributed by atoms with Crippen molar-refractivity contribution in [2.75, 3.05) is 0 Å². The van der Waals surface area contributed by atoms with E-state index in [1.54, 1.807) is 0 Å². The van der Waals surface area contributed by atoms with Gasteiger partial charge in [0.05, 0.1) is 0 Å². The molecule has 64 valence electrons. The lowest BCUT2D eigenvalue weighted by molar-refractivity contribution is -0.120. The Morgan fingerprint density at radius 1 is 1.50 bits per heavy atom. The summed E-state index contributed by atoms with van der Waals surface area (Å²) in [4.78, 5) is 21.7. The number of imide groups is 1. The largest absolute Gasteiger partial charge is 0.326 e. The van der Waals surface area contributed by atoms with Crippen molar-refractivity contribution in [3.8, 4) is 0 Å². The first kappa shape index (κ1) is 7.34. The van der Waals surface area contributed by atoms with E-state index in [0.29, 0.717) is 12.3 Å². The highest BCUT2D eigenvalue weighted by atomic mass is 16.2. The molecule has 1 aliphatic carbocycles. The molecule has 0 bridgehead atoms. The molecule has 4 heteroatoms. The Labute approximate surface area is 70.0 Å². The molecule has 2 aliphatic rings. The van der Waals surface area contributed by atoms with E-state index < -0.39 is 0 Å². The monoisotopic (exact) mass is 166 g/mol. The first-order valence-corrected chi connectivity index (χ1v) is 3.96. The van der Waals surface area contributed by atoms with Crippen molar-refractivity contribution in [1.82, 2.24) is 10.6 Å². The topological polar surface area (TPSA) is 58.2 Å². The van der Waals surface area contributed by atoms with E-state index in [0.717, 1.165) is 6.42 Å². The van der Waals surface area contributed by atoms with E-state index in [-0.39, 0.29) is 18.0 Å². The van der Waals surface area contributed by atoms with Crippen molar-refractivity contribution in [3.05, 3.63) is 12.2 Å². The molecule has 0 aromatic heterocycles. The molecule has 0 aromatic carbocycles. The second-order valence-electron chi connectivity index (χ2n) is 3.31. The molecular formula is C8H10N2O2. The van der Waals surface area contributed by atoms with Gasteiger partial charge in [0, 0.05) is 0 Å². The lowest BCUT2D eigenvalue weighted by Crippen LogP contribution is -2.29. The lowest BCUT2D eigenvalue weighted by atomic mass is 10.1. The van der Waals surface area contributed by atoms with E-state index in [9.17, 15) is 9.59 Å². The molecule has 0 spiro atoms. The van der Waals surface area contributed by atoms with Crippen molar-refractivity contribution < 1.29 is 9.59 Å². The number of rotatable bonds is 2. The van der Waals surface area contributed by atoms with Gasteiger partial charge in [-0.25, -0.2) is 4.79 Å². The Hall–Kier alpha value is -1.32. The molecule has 1 saturated carbocycles. The Morgan fingerprint density at radius 3 is 2.58 bits per heavy atom. The van der Waals surface area contributed by atoms with Crippen molar-refractivity contribution >= 4 is 11.9 Å². The summed E-state index contributed by atoms with van der Waals surface area (Å²) in [5.74, 6) is 0.235. The van der Waals surface area contributed by atoms with Crippen LogP contribution in [0, 0.1) is 5.92 Å². The third kappa shape index (κ3) is 1.20. The van der Waals surface area contributed by atoms with Crippen molar-refractivity contribution in [2.45, 2.75) is 18.9 Å². The summed E-state index contributed by atoms with van der Waals surface area (Å²) < 4.78 is 0. The summed E-state index contributed by atoms with van der Waals surface area (Å²) >= 11 is 0. The summed E-state index contributed by atoms with van der Waals surface area (Å²) in [5.41, 5.74) is 1.18. The zero-order valence-electron chi connectivity index (χ0n) is 6.59. The van der Waals surface area contributed by atoms with Crippen LogP contribution in [0.3, 0.4) is 0 Å². The van der Waals surface area contributed by atoms with Crippen LogP contribution in [0.5, 0.6) is 0 Å². The minimum atomic E-state index is -0.378. The van der Waals surface area contributed by atoms with E-state index in [4.69, 9.17) is 0 Å². The fourth-order valence-corrected chi connectivity index (χ4v) is 1.42. The van der Waals surface area contributed by atoms with Crippen LogP contribution in [0.25, 0.3) is 0 Å². The molecule has 1 saturated heterocycles. The van der Waals surface area contributed by atoms with Gasteiger partial charge in [0.15, 0.2) is 0 Å². The van der Waals surface area contributed by atoms with Crippen LogP contribution in [0.4, 0.5) is 4.79 Å². The molecule has 2 N–H and O–H groups in total. The maximum absolute atomic E-state index is 11.0. The van der Waals surface area contributed by atoms with E-state index in [2.05, 4.69) is 17.2 Å². The number of hydrogen-bond acceptors (Lipinski definition) is 2. The molecule has 2 fully saturated rings. The standard InChI is InChI=1S/C8H10N2O2/c1-4-2-5(4)3-6-7(11)10-8(12)9-6/h5-6H,1-3H2,(H2,9,10,11,12). The van der Waals surface area contributed by atoms with Crippen LogP contribution < -0.4 is 10.6 Å². The molecule has 3 amide bonds. The molecular weight excluding hydrogens is 156 g/mol. The highest BCUT2D eigenvalue weighted by Gasteiger charge is 2.37. The van der Waals surface area contributed by atoms with E-state index in [1.165, 1.54) is 5.57 Å². The van der Waals surface area contributed by atoms with Gasteiger partial charge in [-0.2, -0.15) is 0 Å². The molecule has 2 unspecified atom stereocenters. The minimum Gasteiger partial charge on any atom is -0.326 e. The van der Waals surface area contributed by atoms with Gasteiger partial charge in [0.1, 0.15) is 6.04 Å². The fourth-order valence-electron chi connectivity index (χ4n) is 1.42. The molecule has 12 heavy (non-hydrogen) atoms. The van der Waals surface area contributed by atoms with Gasteiger partial charge >= 0.3 is 6.03 Å². The number of allylic oxidation sites excluding steroid dienone is 1. The van der Waals surface area contributed by atoms with Gasteiger partial charge in [-0.15, -0.1) is 0 Å². The van der Waals surface area contributed by atoms with Crippen LogP contribution >= 0.6 is 0 Å². The molecule has 4 nitrogen and oxygen atoms in total. The smallest absolute Gasteiger partial charge is 0.322 e. The summed E-state index contributed by atoms with van der Waals surface area (Å²) in [7, 11) is 0. The highest BCUT2D eigenvalue weighted by molar-refractivity contribution is 6.04. The second kappa shape index (κ2) is 2.33. The number of carbonyl (C=O) groups is 2. The zero-order chi connectivity index (χ0) is 8.72. The molecule has 0 radical (unpaired) electrons. The molecule has 0 aromatic rings. The Kier molecular flexibility index (Phi) is 1.43. The minimum absolute atomic E-state index is 0.209. The predicted molar refractivity (Wildman–Crippen MR) is 42.3 cm³/mol. The van der Waals surface area contributed by atoms with Crippen LogP contribution in [-0.2, 0) is 4.79 Å². The Balaban J connectivity index is 1.92. The first-order chi connectivity index (χ1) is 5.66. The SMILES string of the molecule is C=C1CC1CC1NC(=O)NC1=O.